The van der Waals surface area contributed by atoms with E-state index in [-0.39, 0.29) is 112 Å². The van der Waals surface area contributed by atoms with E-state index >= 15 is 0 Å². The first kappa shape index (κ1) is 89.7. The molecule has 108 heavy (non-hydrogen) atoms. The Hall–Kier alpha value is -12.5. The van der Waals surface area contributed by atoms with Crippen molar-refractivity contribution in [3.8, 4) is 0 Å². The van der Waals surface area contributed by atoms with Crippen molar-refractivity contribution in [3.63, 3.8) is 0 Å². The van der Waals surface area contributed by atoms with Crippen LogP contribution in [0.25, 0.3) is 22.3 Å². The van der Waals surface area contributed by atoms with E-state index in [0.29, 0.717) is 17.0 Å². The van der Waals surface area contributed by atoms with Gasteiger partial charge in [0.25, 0.3) is 16.7 Å². The van der Waals surface area contributed by atoms with Crippen LogP contribution in [0.5, 0.6) is 0 Å². The number of hydrogen-bond acceptors (Lipinski definition) is 24. The molecule has 43 heteroatoms. The predicted molar refractivity (Wildman–Crippen MR) is 387 cm³/mol. The van der Waals surface area contributed by atoms with E-state index in [1.807, 2.05) is 4.98 Å². The van der Waals surface area contributed by atoms with E-state index in [1.165, 1.54) is 46.1 Å². The molecule has 0 fully saturated rings. The molecule has 6 aromatic rings. The molecule has 0 aliphatic carbocycles. The number of aliphatic carboxylic acids is 4. The second kappa shape index (κ2) is 40.1. The number of carbonyl (C=O) groups excluding carboxylic acids is 8. The van der Waals surface area contributed by atoms with Gasteiger partial charge in [-0.3, -0.25) is 96.0 Å². The number of nitrogens with zero attached hydrogens (tertiary/aromatic N) is 13. The minimum atomic E-state index is -1.22. The van der Waals surface area contributed by atoms with Crippen molar-refractivity contribution in [2.75, 3.05) is 103 Å². The number of aryl methyl sites for hydroxylation is 1. The lowest BCUT2D eigenvalue weighted by atomic mass is 9.96. The molecule has 0 spiro atoms. The fraction of sp³-hybridized carbons (Fsp3) is 0.538. The fourth-order valence-electron chi connectivity index (χ4n) is 8.75. The molecule has 0 saturated carbocycles. The normalized spacial score (nSPS) is 11.2. The van der Waals surface area contributed by atoms with Crippen molar-refractivity contribution in [3.05, 3.63) is 95.0 Å². The van der Waals surface area contributed by atoms with Crippen LogP contribution in [0.4, 0.5) is 11.8 Å². The highest BCUT2D eigenvalue weighted by Gasteiger charge is 2.28. The van der Waals surface area contributed by atoms with E-state index in [2.05, 4.69) is 66.8 Å². The molecule has 8 amide bonds. The summed E-state index contributed by atoms with van der Waals surface area (Å²) in [5.41, 5.74) is -4.02. The molecule has 0 atom stereocenters. The van der Waals surface area contributed by atoms with Gasteiger partial charge in [-0.05, 0) is 6.92 Å². The predicted octanol–water partition coefficient (Wildman–Crippen LogP) is -3.29. The van der Waals surface area contributed by atoms with Gasteiger partial charge in [-0.2, -0.15) is 4.98 Å². The van der Waals surface area contributed by atoms with Crippen LogP contribution in [0.2, 0.25) is 0 Å². The zero-order chi connectivity index (χ0) is 81.9. The molecule has 43 nitrogen and oxygen atoms in total. The summed E-state index contributed by atoms with van der Waals surface area (Å²) in [6.07, 6.45) is 6.50. The Morgan fingerprint density at radius 3 is 1.14 bits per heavy atom. The molecule has 0 radical (unpaired) electrons. The van der Waals surface area contributed by atoms with Crippen molar-refractivity contribution in [2.24, 2.45) is 21.7 Å². The zero-order valence-electron chi connectivity index (χ0n) is 62.8. The molecular formula is C65H96N22O21. The summed E-state index contributed by atoms with van der Waals surface area (Å²) < 4.78 is 4.87. The van der Waals surface area contributed by atoms with Crippen LogP contribution in [0, 0.1) is 28.6 Å². The van der Waals surface area contributed by atoms with Crippen molar-refractivity contribution in [1.29, 1.82) is 0 Å². The maximum atomic E-state index is 12.7. The van der Waals surface area contributed by atoms with Crippen LogP contribution in [0.1, 0.15) is 88.6 Å². The molecule has 6 aromatic heterocycles. The standard InChI is InChI=1S/C17H25N7O5.C17H25N7O4.C16H24N4O6.C15H22N4O6/c1-17(2,3)15(29)19-5-6-23(8-11(26)27)10(25)7-24-9-20-12-13(24)21-16(18-4)22-14(12)28;1-17(2,3)16(28)19-5-6-23(8-12(26)27)11(25)7-24-10-22-13-14(18-4)20-9-21-15(13)24;1-10-7-20(15(26)18-13(10)24)8-11(21)19(9-12(22)23)6-5-17-14(25)16(2,3)4;1-15(2,3)13(24)16-5-7-18(9-12(22)23)11(21)8-19-6-4-10(20)17-14(19)25/h9H,5-8H2,1-4H3,(H,19,29)(H,26,27)(H2,18,21,22,28);9-10H,5-8H2,1-4H3,(H,19,28)(H,26,27)(H,18,20,21);7H,5-6,8-9H2,1-4H3,(H,17,25)(H,22,23)(H,18,24,26);4,6H,5,7-9H2,1-3H3,(H,16,24)(H,22,23)(H,17,20,25). The molecule has 0 unspecified atom stereocenters. The lowest BCUT2D eigenvalue weighted by Crippen LogP contribution is -2.45. The number of H-pyrrole nitrogens is 3. The molecule has 13 N–H and O–H groups in total. The molecule has 0 saturated heterocycles. The van der Waals surface area contributed by atoms with Crippen LogP contribution in [0.3, 0.4) is 0 Å². The molecule has 6 rings (SSSR count). The van der Waals surface area contributed by atoms with Crippen LogP contribution < -0.4 is 60.0 Å². The third-order valence-electron chi connectivity index (χ3n) is 14.8. The summed E-state index contributed by atoms with van der Waals surface area (Å²) in [7, 11) is 3.28. The summed E-state index contributed by atoms with van der Waals surface area (Å²) in [6, 6.07) is 1.08. The number of carboxylic acid groups (broad SMARTS) is 4. The number of carbonyl (C=O) groups is 12. The summed E-state index contributed by atoms with van der Waals surface area (Å²) in [5, 5.41) is 52.4. The minimum absolute atomic E-state index is 0.0228. The number of aromatic nitrogens is 12. The highest BCUT2D eigenvalue weighted by atomic mass is 16.4. The van der Waals surface area contributed by atoms with Crippen molar-refractivity contribution < 1.29 is 78.0 Å². The lowest BCUT2D eigenvalue weighted by Gasteiger charge is -2.23. The van der Waals surface area contributed by atoms with Gasteiger partial charge in [0.2, 0.25) is 53.2 Å². The van der Waals surface area contributed by atoms with Crippen molar-refractivity contribution >= 4 is 105 Å². The number of fused-ring (bicyclic) bond motifs is 2. The molecule has 0 aliphatic rings. The third kappa shape index (κ3) is 29.6. The highest BCUT2D eigenvalue weighted by molar-refractivity contribution is 5.88. The van der Waals surface area contributed by atoms with Crippen LogP contribution in [-0.2, 0) is 83.7 Å². The third-order valence-corrected chi connectivity index (χ3v) is 14.8. The minimum Gasteiger partial charge on any atom is -0.480 e. The number of nitrogens with one attached hydrogen (secondary N) is 9. The quantitative estimate of drug-likeness (QED) is 0.0210. The summed E-state index contributed by atoms with van der Waals surface area (Å²) in [4.78, 5) is 231. The van der Waals surface area contributed by atoms with Gasteiger partial charge in [-0.1, -0.05) is 83.1 Å². The van der Waals surface area contributed by atoms with E-state index in [1.54, 1.807) is 97.2 Å². The number of hydrogen-bond donors (Lipinski definition) is 13. The molecular weight excluding hydrogens is 1420 g/mol. The number of carboxylic acids is 4. The first-order valence-electron chi connectivity index (χ1n) is 33.3. The lowest BCUT2D eigenvalue weighted by molar-refractivity contribution is -0.144. The van der Waals surface area contributed by atoms with Gasteiger partial charge in [-0.15, -0.1) is 0 Å². The first-order chi connectivity index (χ1) is 50.1. The van der Waals surface area contributed by atoms with Crippen LogP contribution in [-0.4, -0.2) is 262 Å². The van der Waals surface area contributed by atoms with Gasteiger partial charge in [0, 0.05) is 112 Å². The first-order valence-corrected chi connectivity index (χ1v) is 33.3. The largest absolute Gasteiger partial charge is 0.480 e. The van der Waals surface area contributed by atoms with E-state index in [4.69, 9.17) is 20.4 Å². The van der Waals surface area contributed by atoms with E-state index < -0.39 is 136 Å². The summed E-state index contributed by atoms with van der Waals surface area (Å²) in [5.74, 6) is -7.01. The molecule has 6 heterocycles. The van der Waals surface area contributed by atoms with E-state index in [9.17, 15) is 81.5 Å². The fourth-order valence-corrected chi connectivity index (χ4v) is 8.75. The number of anilines is 2. The highest BCUT2D eigenvalue weighted by Crippen LogP contribution is 2.18. The number of imidazole rings is 2. The Morgan fingerprint density at radius 1 is 0.435 bits per heavy atom. The van der Waals surface area contributed by atoms with Gasteiger partial charge in [0.1, 0.15) is 64.2 Å². The second-order valence-corrected chi connectivity index (χ2v) is 28.0. The maximum absolute atomic E-state index is 12.7. The van der Waals surface area contributed by atoms with Gasteiger partial charge in [0.05, 0.1) is 12.7 Å². The van der Waals surface area contributed by atoms with Crippen LogP contribution >= 0.6 is 0 Å². The average Bonchev–Trinajstić information content (AvgIpc) is 1.68. The number of rotatable bonds is 30. The smallest absolute Gasteiger partial charge is 0.328 e. The molecule has 0 aliphatic heterocycles. The number of amides is 8. The second-order valence-electron chi connectivity index (χ2n) is 28.0. The average molecular weight is 1520 g/mol. The Balaban J connectivity index is 0.000000374. The summed E-state index contributed by atoms with van der Waals surface area (Å²) >= 11 is 0. The zero-order valence-corrected chi connectivity index (χ0v) is 62.8. The van der Waals surface area contributed by atoms with Crippen molar-refractivity contribution in [2.45, 2.75) is 116 Å². The Morgan fingerprint density at radius 2 is 0.787 bits per heavy atom. The Labute approximate surface area is 616 Å². The van der Waals surface area contributed by atoms with Gasteiger partial charge >= 0.3 is 35.3 Å². The topological polar surface area (TPSA) is 588 Å². The summed E-state index contributed by atoms with van der Waals surface area (Å²) in [6.45, 7) is 19.6. The van der Waals surface area contributed by atoms with Gasteiger partial charge in [0.15, 0.2) is 22.6 Å². The number of aromatic amines is 3. The molecule has 0 bridgehead atoms. The van der Waals surface area contributed by atoms with E-state index in [0.717, 1.165) is 36.1 Å². The maximum Gasteiger partial charge on any atom is 0.328 e. The Kier molecular flexibility index (Phi) is 33.3. The monoisotopic (exact) mass is 1520 g/mol. The SMILES string of the molecule is CC(C)(C)C(=O)NCCN(CC(=O)O)C(=O)Cn1ccc(=O)[nH]c1=O.CNc1nc2c(ncn2CC(=O)N(CCNC(=O)C(C)(C)C)CC(=O)O)c(=O)[nH]1.CNc1ncnc2c1ncn2CC(=O)N(CCNC(=O)C(C)(C)C)CC(=O)O.Cc1cn(CC(=O)N(CCNC(=O)C(C)(C)C)CC(=O)O)c(=O)[nH]c1=O. The van der Waals surface area contributed by atoms with Gasteiger partial charge in [-0.25, -0.2) is 29.5 Å². The van der Waals surface area contributed by atoms with Gasteiger partial charge < -0.3 is 81.1 Å². The van der Waals surface area contributed by atoms with Crippen molar-refractivity contribution in [1.82, 2.24) is 99.0 Å². The molecule has 0 aromatic carbocycles. The van der Waals surface area contributed by atoms with Crippen LogP contribution in [0.15, 0.2) is 61.4 Å². The molecule has 592 valence electrons. The Bertz CT molecular complexity index is 4540.